The molecule has 0 fully saturated rings. The van der Waals surface area contributed by atoms with Gasteiger partial charge >= 0.3 is 0 Å². The molecule has 0 bridgehead atoms. The molecule has 0 saturated heterocycles. The lowest BCUT2D eigenvalue weighted by molar-refractivity contribution is -0.384. The summed E-state index contributed by atoms with van der Waals surface area (Å²) in [4.78, 5) is 9.59. The van der Waals surface area contributed by atoms with E-state index < -0.39 is 15.0 Å². The number of benzene rings is 1. The standard InChI is InChI=1S/C6H5NO2.CH4O3S.N2/c8-7(9)6-4-2-1-3-5-6;1-5(2,3)4;1-2/h1-5H;1H3,(H,2,3,4);. The molecule has 0 saturated carbocycles. The summed E-state index contributed by atoms with van der Waals surface area (Å²) in [5.41, 5.74) is 0.137. The Balaban J connectivity index is 0. The van der Waals surface area contributed by atoms with Crippen molar-refractivity contribution in [3.05, 3.63) is 40.4 Å². The van der Waals surface area contributed by atoms with Gasteiger partial charge in [0.2, 0.25) is 0 Å². The third-order valence-electron chi connectivity index (χ3n) is 0.967. The summed E-state index contributed by atoms with van der Waals surface area (Å²) in [5, 5.41) is 22.0. The normalized spacial score (nSPS) is 8.75. The van der Waals surface area contributed by atoms with E-state index in [9.17, 15) is 18.5 Å². The lowest BCUT2D eigenvalue weighted by Gasteiger charge is -1.85. The van der Waals surface area contributed by atoms with Crippen LogP contribution in [0.2, 0.25) is 0 Å². The third-order valence-corrected chi connectivity index (χ3v) is 0.967. The van der Waals surface area contributed by atoms with Gasteiger partial charge in [-0.25, -0.2) is 0 Å². The largest absolute Gasteiger partial charge is 0.286 e. The second-order valence-corrected chi connectivity index (χ2v) is 3.79. The minimum atomic E-state index is -3.67. The predicted octanol–water partition coefficient (Wildman–Crippen LogP) is 1.13. The van der Waals surface area contributed by atoms with Gasteiger partial charge in [-0.15, -0.1) is 0 Å². The molecule has 0 spiro atoms. The Bertz CT molecular complexity index is 420. The number of nitro benzene ring substituents is 1. The van der Waals surface area contributed by atoms with Crippen LogP contribution in [-0.4, -0.2) is 24.1 Å². The molecule has 0 aliphatic heterocycles. The zero-order chi connectivity index (χ0) is 13.2. The highest BCUT2D eigenvalue weighted by molar-refractivity contribution is 7.85. The predicted molar refractivity (Wildman–Crippen MR) is 54.0 cm³/mol. The van der Waals surface area contributed by atoms with Crippen LogP contribution in [0.1, 0.15) is 0 Å². The maximum Gasteiger partial charge on any atom is 0.269 e. The van der Waals surface area contributed by atoms with Crippen molar-refractivity contribution in [3.63, 3.8) is 0 Å². The number of hydrogen-bond donors (Lipinski definition) is 1. The van der Waals surface area contributed by atoms with Crippen LogP contribution in [0.3, 0.4) is 0 Å². The van der Waals surface area contributed by atoms with Gasteiger partial charge in [0.15, 0.2) is 0 Å². The molecular formula is C7H9N3O5S. The number of hydrogen-bond acceptors (Lipinski definition) is 6. The Morgan fingerprint density at radius 2 is 1.56 bits per heavy atom. The first kappa shape index (κ1) is 16.4. The van der Waals surface area contributed by atoms with E-state index in [4.69, 9.17) is 15.3 Å². The van der Waals surface area contributed by atoms with Crippen LogP contribution in [0.4, 0.5) is 5.69 Å². The van der Waals surface area contributed by atoms with E-state index in [2.05, 4.69) is 0 Å². The van der Waals surface area contributed by atoms with Crippen LogP contribution in [0.15, 0.2) is 30.3 Å². The Morgan fingerprint density at radius 3 is 1.75 bits per heavy atom. The molecule has 8 nitrogen and oxygen atoms in total. The van der Waals surface area contributed by atoms with Gasteiger partial charge in [0.05, 0.1) is 11.2 Å². The van der Waals surface area contributed by atoms with Crippen molar-refractivity contribution in [2.24, 2.45) is 0 Å². The highest BCUT2D eigenvalue weighted by Gasteiger charge is 1.98. The fourth-order valence-electron chi connectivity index (χ4n) is 0.550. The smallest absolute Gasteiger partial charge is 0.269 e. The maximum absolute atomic E-state index is 10.0. The molecule has 1 aromatic carbocycles. The molecule has 0 amide bonds. The fourth-order valence-corrected chi connectivity index (χ4v) is 0.550. The van der Waals surface area contributed by atoms with Gasteiger partial charge < -0.3 is 0 Å². The second-order valence-electron chi connectivity index (χ2n) is 2.33. The fraction of sp³-hybridized carbons (Fsp3) is 0.143. The van der Waals surface area contributed by atoms with Gasteiger partial charge in [-0.3, -0.25) is 14.7 Å². The summed E-state index contributed by atoms with van der Waals surface area (Å²) in [6.45, 7) is 0. The van der Waals surface area contributed by atoms with Gasteiger partial charge in [-0.1, -0.05) is 18.2 Å². The highest BCUT2D eigenvalue weighted by Crippen LogP contribution is 2.06. The maximum atomic E-state index is 10.0. The molecule has 0 radical (unpaired) electrons. The summed E-state index contributed by atoms with van der Waals surface area (Å²) in [5.74, 6) is 0. The molecule has 0 aliphatic rings. The van der Waals surface area contributed by atoms with Crippen molar-refractivity contribution in [2.45, 2.75) is 0 Å². The number of para-hydroxylation sites is 1. The number of nitrogens with zero attached hydrogens (tertiary/aromatic N) is 3. The van der Waals surface area contributed by atoms with Gasteiger partial charge in [-0.2, -0.15) is 8.42 Å². The monoisotopic (exact) mass is 247 g/mol. The molecule has 1 rings (SSSR count). The van der Waals surface area contributed by atoms with Crippen molar-refractivity contribution in [1.29, 1.82) is 10.8 Å². The van der Waals surface area contributed by atoms with Crippen molar-refractivity contribution >= 4 is 15.8 Å². The van der Waals surface area contributed by atoms with E-state index in [0.29, 0.717) is 6.26 Å². The topological polar surface area (TPSA) is 145 Å². The molecule has 9 heteroatoms. The van der Waals surface area contributed by atoms with Crippen molar-refractivity contribution in [3.8, 4) is 0 Å². The van der Waals surface area contributed by atoms with Gasteiger partial charge in [0, 0.05) is 22.9 Å². The minimum Gasteiger partial charge on any atom is -0.286 e. The summed E-state index contributed by atoms with van der Waals surface area (Å²) in [7, 11) is -3.67. The zero-order valence-corrected chi connectivity index (χ0v) is 9.03. The van der Waals surface area contributed by atoms with Crippen LogP contribution < -0.4 is 0 Å². The minimum absolute atomic E-state index is 0.137. The molecule has 0 aliphatic carbocycles. The van der Waals surface area contributed by atoms with Crippen LogP contribution in [-0.2, 0) is 10.1 Å². The lowest BCUT2D eigenvalue weighted by atomic mass is 10.3. The second kappa shape index (κ2) is 8.27. The molecular weight excluding hydrogens is 238 g/mol. The molecule has 1 aromatic rings. The molecule has 0 atom stereocenters. The molecule has 0 aromatic heterocycles. The number of nitro groups is 1. The van der Waals surface area contributed by atoms with Crippen molar-refractivity contribution in [2.75, 3.05) is 6.26 Å². The van der Waals surface area contributed by atoms with Gasteiger partial charge in [0.25, 0.3) is 15.8 Å². The molecule has 16 heavy (non-hydrogen) atoms. The molecule has 1 N–H and O–H groups in total. The van der Waals surface area contributed by atoms with E-state index in [1.165, 1.54) is 12.1 Å². The third kappa shape index (κ3) is 14.5. The summed E-state index contributed by atoms with van der Waals surface area (Å²) in [6, 6.07) is 7.93. The SMILES string of the molecule is CS(=O)(=O)O.N#N.O=[N+]([O-])c1ccccc1. The van der Waals surface area contributed by atoms with E-state index >= 15 is 0 Å². The molecule has 88 valence electrons. The number of non-ortho nitro benzene ring substituents is 1. The lowest BCUT2D eigenvalue weighted by Crippen LogP contribution is -1.88. The van der Waals surface area contributed by atoms with Crippen molar-refractivity contribution in [1.82, 2.24) is 0 Å². The first-order chi connectivity index (χ1) is 7.30. The van der Waals surface area contributed by atoms with Crippen LogP contribution >= 0.6 is 0 Å². The Hall–Kier alpha value is -2.05. The van der Waals surface area contributed by atoms with Crippen molar-refractivity contribution < 1.29 is 17.9 Å². The Labute approximate surface area is 91.8 Å². The molecule has 0 heterocycles. The van der Waals surface area contributed by atoms with E-state index in [-0.39, 0.29) is 5.69 Å². The summed E-state index contributed by atoms with van der Waals surface area (Å²) < 4.78 is 25.9. The van der Waals surface area contributed by atoms with E-state index in [0.717, 1.165) is 0 Å². The Kier molecular flexibility index (Phi) is 8.47. The van der Waals surface area contributed by atoms with Crippen LogP contribution in [0, 0.1) is 20.9 Å². The van der Waals surface area contributed by atoms with Gasteiger partial charge in [-0.05, 0) is 0 Å². The van der Waals surface area contributed by atoms with Crippen LogP contribution in [0.25, 0.3) is 0 Å². The number of rotatable bonds is 1. The summed E-state index contributed by atoms with van der Waals surface area (Å²) >= 11 is 0. The van der Waals surface area contributed by atoms with E-state index in [1.807, 2.05) is 0 Å². The zero-order valence-electron chi connectivity index (χ0n) is 8.22. The molecule has 0 unspecified atom stereocenters. The summed E-state index contributed by atoms with van der Waals surface area (Å²) in [6.07, 6.45) is 0.715. The quantitative estimate of drug-likeness (QED) is 0.338. The highest BCUT2D eigenvalue weighted by atomic mass is 32.2. The first-order valence-electron chi connectivity index (χ1n) is 3.62. The average Bonchev–Trinajstić information content (AvgIpc) is 2.20. The Morgan fingerprint density at radius 1 is 1.25 bits per heavy atom. The van der Waals surface area contributed by atoms with E-state index in [1.54, 1.807) is 18.2 Å². The first-order valence-corrected chi connectivity index (χ1v) is 5.47. The average molecular weight is 247 g/mol. The van der Waals surface area contributed by atoms with Crippen LogP contribution in [0.5, 0.6) is 0 Å². The van der Waals surface area contributed by atoms with Gasteiger partial charge in [0.1, 0.15) is 0 Å².